The van der Waals surface area contributed by atoms with Gasteiger partial charge >= 0.3 is 6.18 Å². The second kappa shape index (κ2) is 3.53. The molecule has 0 saturated heterocycles. The monoisotopic (exact) mass is 268 g/mol. The topological polar surface area (TPSA) is 17.8 Å². The average molecular weight is 269 g/mol. The Balaban J connectivity index is 2.79. The summed E-state index contributed by atoms with van der Waals surface area (Å²) >= 11 is 11.4. The molecule has 2 nitrogen and oxygen atoms in total. The summed E-state index contributed by atoms with van der Waals surface area (Å²) in [6.07, 6.45) is -4.49. The number of benzene rings is 1. The first-order chi connectivity index (χ1) is 7.30. The molecule has 0 bridgehead atoms. The number of fused-ring (bicyclic) bond motifs is 1. The van der Waals surface area contributed by atoms with Gasteiger partial charge in [-0.25, -0.2) is 4.98 Å². The number of hydrogen-bond donors (Lipinski definition) is 0. The van der Waals surface area contributed by atoms with Crippen molar-refractivity contribution in [2.24, 2.45) is 7.05 Å². The van der Waals surface area contributed by atoms with Crippen LogP contribution in [0, 0.1) is 0 Å². The molecule has 0 atom stereocenters. The van der Waals surface area contributed by atoms with Crippen LogP contribution in [0.25, 0.3) is 11.0 Å². The lowest BCUT2D eigenvalue weighted by atomic mass is 10.3. The van der Waals surface area contributed by atoms with Gasteiger partial charge in [0.25, 0.3) is 0 Å². The Morgan fingerprint density at radius 3 is 2.31 bits per heavy atom. The summed E-state index contributed by atoms with van der Waals surface area (Å²) in [5.41, 5.74) is 0.464. The Bertz CT molecular complexity index is 560. The Morgan fingerprint density at radius 1 is 1.19 bits per heavy atom. The fraction of sp³-hybridized carbons (Fsp3) is 0.222. The van der Waals surface area contributed by atoms with E-state index < -0.39 is 12.0 Å². The molecule has 16 heavy (non-hydrogen) atoms. The van der Waals surface area contributed by atoms with Crippen molar-refractivity contribution in [1.29, 1.82) is 0 Å². The minimum Gasteiger partial charge on any atom is -0.323 e. The van der Waals surface area contributed by atoms with Gasteiger partial charge < -0.3 is 4.57 Å². The van der Waals surface area contributed by atoms with Gasteiger partial charge in [0, 0.05) is 7.05 Å². The van der Waals surface area contributed by atoms with Crippen molar-refractivity contribution in [2.75, 3.05) is 0 Å². The summed E-state index contributed by atoms with van der Waals surface area (Å²) in [5, 5.41) is 0.381. The molecule has 0 spiro atoms. The molecule has 0 saturated carbocycles. The van der Waals surface area contributed by atoms with Crippen molar-refractivity contribution in [3.05, 3.63) is 28.0 Å². The highest BCUT2D eigenvalue weighted by Crippen LogP contribution is 2.33. The molecule has 2 rings (SSSR count). The molecule has 86 valence electrons. The van der Waals surface area contributed by atoms with E-state index in [4.69, 9.17) is 23.2 Å². The molecule has 0 radical (unpaired) electrons. The molecule has 1 heterocycles. The van der Waals surface area contributed by atoms with E-state index in [1.165, 1.54) is 19.2 Å². The van der Waals surface area contributed by atoms with Crippen molar-refractivity contribution in [1.82, 2.24) is 9.55 Å². The molecule has 0 unspecified atom stereocenters. The third-order valence-corrected chi connectivity index (χ3v) is 2.90. The van der Waals surface area contributed by atoms with E-state index in [-0.39, 0.29) is 15.6 Å². The lowest BCUT2D eigenvalue weighted by Gasteiger charge is -2.05. The molecule has 1 aromatic carbocycles. The zero-order valence-corrected chi connectivity index (χ0v) is 9.45. The van der Waals surface area contributed by atoms with E-state index >= 15 is 0 Å². The van der Waals surface area contributed by atoms with Crippen molar-refractivity contribution >= 4 is 34.2 Å². The lowest BCUT2D eigenvalue weighted by molar-refractivity contribution is -0.146. The summed E-state index contributed by atoms with van der Waals surface area (Å²) in [6.45, 7) is 0. The van der Waals surface area contributed by atoms with E-state index in [0.717, 1.165) is 4.57 Å². The van der Waals surface area contributed by atoms with Crippen molar-refractivity contribution in [2.45, 2.75) is 6.18 Å². The molecule has 0 fully saturated rings. The molecule has 0 amide bonds. The van der Waals surface area contributed by atoms with Gasteiger partial charge in [-0.3, -0.25) is 0 Å². The Hall–Kier alpha value is -0.940. The van der Waals surface area contributed by atoms with Crippen LogP contribution in [0.2, 0.25) is 10.0 Å². The molecular formula is C9H5Cl2F3N2. The minimum absolute atomic E-state index is 0.171. The van der Waals surface area contributed by atoms with E-state index in [1.807, 2.05) is 0 Å². The Labute approximate surface area is 98.6 Å². The van der Waals surface area contributed by atoms with E-state index in [2.05, 4.69) is 4.98 Å². The van der Waals surface area contributed by atoms with Crippen LogP contribution in [-0.4, -0.2) is 9.55 Å². The van der Waals surface area contributed by atoms with Gasteiger partial charge in [0.15, 0.2) is 0 Å². The van der Waals surface area contributed by atoms with Gasteiger partial charge in [-0.05, 0) is 12.1 Å². The summed E-state index contributed by atoms with van der Waals surface area (Å²) in [7, 11) is 1.28. The van der Waals surface area contributed by atoms with Crippen LogP contribution in [0.1, 0.15) is 5.82 Å². The zero-order chi connectivity index (χ0) is 12.1. The SMILES string of the molecule is Cn1c(C(F)(F)F)nc2cc(Cl)c(Cl)cc21. The number of hydrogen-bond acceptors (Lipinski definition) is 1. The zero-order valence-electron chi connectivity index (χ0n) is 7.94. The molecule has 0 N–H and O–H groups in total. The van der Waals surface area contributed by atoms with Crippen LogP contribution in [-0.2, 0) is 13.2 Å². The third-order valence-electron chi connectivity index (χ3n) is 2.18. The Morgan fingerprint density at radius 2 is 1.75 bits per heavy atom. The Kier molecular flexibility index (Phi) is 2.55. The third kappa shape index (κ3) is 1.74. The predicted octanol–water partition coefficient (Wildman–Crippen LogP) is 3.90. The van der Waals surface area contributed by atoms with E-state index in [9.17, 15) is 13.2 Å². The number of alkyl halides is 3. The molecule has 0 aliphatic heterocycles. The van der Waals surface area contributed by atoms with Crippen molar-refractivity contribution < 1.29 is 13.2 Å². The van der Waals surface area contributed by atoms with E-state index in [1.54, 1.807) is 0 Å². The fourth-order valence-corrected chi connectivity index (χ4v) is 1.76. The quantitative estimate of drug-likeness (QED) is 0.709. The van der Waals surface area contributed by atoms with Crippen LogP contribution < -0.4 is 0 Å². The summed E-state index contributed by atoms with van der Waals surface area (Å²) in [4.78, 5) is 3.48. The maximum Gasteiger partial charge on any atom is 0.449 e. The standard InChI is InChI=1S/C9H5Cl2F3N2/c1-16-7-3-5(11)4(10)2-6(7)15-8(16)9(12,13)14/h2-3H,1H3. The first kappa shape index (κ1) is 11.5. The van der Waals surface area contributed by atoms with Crippen LogP contribution in [0.15, 0.2) is 12.1 Å². The molecule has 1 aromatic heterocycles. The van der Waals surface area contributed by atoms with Gasteiger partial charge in [0.05, 0.1) is 21.1 Å². The molecular weight excluding hydrogens is 264 g/mol. The van der Waals surface area contributed by atoms with Gasteiger partial charge in [-0.15, -0.1) is 0 Å². The van der Waals surface area contributed by atoms with Crippen LogP contribution in [0.5, 0.6) is 0 Å². The highest BCUT2D eigenvalue weighted by molar-refractivity contribution is 6.42. The number of rotatable bonds is 0. The number of aromatic nitrogens is 2. The normalized spacial score (nSPS) is 12.4. The second-order valence-electron chi connectivity index (χ2n) is 3.25. The molecule has 0 aliphatic carbocycles. The highest BCUT2D eigenvalue weighted by Gasteiger charge is 2.36. The first-order valence-corrected chi connectivity index (χ1v) is 4.95. The molecule has 2 aromatic rings. The lowest BCUT2D eigenvalue weighted by Crippen LogP contribution is -2.12. The average Bonchev–Trinajstić information content (AvgIpc) is 2.45. The van der Waals surface area contributed by atoms with E-state index in [0.29, 0.717) is 5.52 Å². The largest absolute Gasteiger partial charge is 0.449 e. The van der Waals surface area contributed by atoms with Gasteiger partial charge in [-0.1, -0.05) is 23.2 Å². The van der Waals surface area contributed by atoms with Crippen LogP contribution in [0.4, 0.5) is 13.2 Å². The van der Waals surface area contributed by atoms with Gasteiger partial charge in [0.1, 0.15) is 0 Å². The molecule has 0 aliphatic rings. The second-order valence-corrected chi connectivity index (χ2v) is 4.06. The fourth-order valence-electron chi connectivity index (χ4n) is 1.44. The van der Waals surface area contributed by atoms with Crippen LogP contribution >= 0.6 is 23.2 Å². The van der Waals surface area contributed by atoms with Gasteiger partial charge in [0.2, 0.25) is 5.82 Å². The smallest absolute Gasteiger partial charge is 0.323 e. The number of halogens is 5. The maximum atomic E-state index is 12.5. The van der Waals surface area contributed by atoms with Crippen molar-refractivity contribution in [3.63, 3.8) is 0 Å². The van der Waals surface area contributed by atoms with Gasteiger partial charge in [-0.2, -0.15) is 13.2 Å². The number of imidazole rings is 1. The first-order valence-electron chi connectivity index (χ1n) is 4.19. The predicted molar refractivity (Wildman–Crippen MR) is 55.7 cm³/mol. The number of nitrogens with zero attached hydrogens (tertiary/aromatic N) is 2. The number of aryl methyl sites for hydroxylation is 1. The maximum absolute atomic E-state index is 12.5. The summed E-state index contributed by atoms with van der Waals surface area (Å²) in [5.74, 6) is -0.971. The summed E-state index contributed by atoms with van der Waals surface area (Å²) < 4.78 is 38.6. The molecule has 7 heteroatoms. The van der Waals surface area contributed by atoms with Crippen LogP contribution in [0.3, 0.4) is 0 Å². The summed E-state index contributed by atoms with van der Waals surface area (Å²) in [6, 6.07) is 2.68. The minimum atomic E-state index is -4.49. The highest BCUT2D eigenvalue weighted by atomic mass is 35.5. The van der Waals surface area contributed by atoms with Crippen molar-refractivity contribution in [3.8, 4) is 0 Å².